The van der Waals surface area contributed by atoms with E-state index in [0.717, 1.165) is 4.70 Å². The number of carbonyl (C=O) groups is 1. The highest BCUT2D eigenvalue weighted by atomic mass is 32.2. The number of nitrogens with one attached hydrogen (secondary N) is 1. The van der Waals surface area contributed by atoms with E-state index >= 15 is 0 Å². The summed E-state index contributed by atoms with van der Waals surface area (Å²) in [7, 11) is 0. The second-order valence-electron chi connectivity index (χ2n) is 5.32. The smallest absolute Gasteiger partial charge is 0.307 e. The summed E-state index contributed by atoms with van der Waals surface area (Å²) in [6, 6.07) is 11.1. The number of hydrogen-bond donors (Lipinski definition) is 1. The Bertz CT molecular complexity index is 1180. The van der Waals surface area contributed by atoms with Crippen LogP contribution in [0.4, 0.5) is 5.69 Å². The van der Waals surface area contributed by atoms with Crippen LogP contribution in [0.25, 0.3) is 10.2 Å². The van der Waals surface area contributed by atoms with Crippen molar-refractivity contribution in [3.63, 3.8) is 0 Å². The molecule has 0 radical (unpaired) electrons. The molecule has 0 unspecified atom stereocenters. The molecule has 0 spiro atoms. The van der Waals surface area contributed by atoms with Crippen LogP contribution in [0, 0.1) is 10.1 Å². The predicted molar refractivity (Wildman–Crippen MR) is 103 cm³/mol. The minimum Gasteiger partial charge on any atom is -0.459 e. The second-order valence-corrected chi connectivity index (χ2v) is 7.61. The molecular formula is C17H10N4O5S2. The molecule has 28 heavy (non-hydrogen) atoms. The number of thiazole rings is 1. The predicted octanol–water partition coefficient (Wildman–Crippen LogP) is 4.31. The highest BCUT2D eigenvalue weighted by molar-refractivity contribution is 8.01. The Morgan fingerprint density at radius 3 is 3.00 bits per heavy atom. The Labute approximate surface area is 165 Å². The van der Waals surface area contributed by atoms with Crippen molar-refractivity contribution in [2.75, 3.05) is 0 Å². The highest BCUT2D eigenvalue weighted by Crippen LogP contribution is 2.36. The lowest BCUT2D eigenvalue weighted by atomic mass is 10.3. The summed E-state index contributed by atoms with van der Waals surface area (Å²) in [4.78, 5) is 26.6. The van der Waals surface area contributed by atoms with Gasteiger partial charge in [-0.15, -0.1) is 11.3 Å². The Kier molecular flexibility index (Phi) is 4.91. The lowest BCUT2D eigenvalue weighted by molar-refractivity contribution is -0.384. The standard InChI is InChI=1S/C17H10N4O5S2/c22-16(13-2-1-7-25-13)20-18-9-11-4-6-15(26-11)28-17-19-12-5-3-10(21(23)24)8-14(12)27-17/h1-9H,(H,20,22)/b18-9+. The first-order chi connectivity index (χ1) is 13.6. The quantitative estimate of drug-likeness (QED) is 0.283. The first-order valence-electron chi connectivity index (χ1n) is 7.78. The maximum absolute atomic E-state index is 11.7. The number of non-ortho nitro benzene ring substituents is 1. The van der Waals surface area contributed by atoms with Crippen molar-refractivity contribution in [1.29, 1.82) is 0 Å². The van der Waals surface area contributed by atoms with Gasteiger partial charge in [0.25, 0.3) is 5.69 Å². The molecule has 0 atom stereocenters. The zero-order valence-electron chi connectivity index (χ0n) is 13.9. The number of hydrogen-bond acceptors (Lipinski definition) is 9. The molecule has 3 aromatic heterocycles. The monoisotopic (exact) mass is 414 g/mol. The van der Waals surface area contributed by atoms with E-state index in [-0.39, 0.29) is 11.4 Å². The number of benzene rings is 1. The molecule has 4 rings (SSSR count). The summed E-state index contributed by atoms with van der Waals surface area (Å²) in [5.41, 5.74) is 3.04. The normalized spacial score (nSPS) is 11.3. The van der Waals surface area contributed by atoms with Gasteiger partial charge in [-0.3, -0.25) is 14.9 Å². The van der Waals surface area contributed by atoms with E-state index in [1.807, 2.05) is 0 Å². The number of fused-ring (bicyclic) bond motifs is 1. The lowest BCUT2D eigenvalue weighted by Crippen LogP contribution is -2.16. The molecule has 0 saturated carbocycles. The van der Waals surface area contributed by atoms with Crippen molar-refractivity contribution >= 4 is 51.1 Å². The molecule has 0 aliphatic heterocycles. The maximum Gasteiger partial charge on any atom is 0.307 e. The SMILES string of the molecule is O=C(N/N=C/c1ccc(Sc2nc3ccc([N+](=O)[O-])cc3s2)o1)c1ccco1. The van der Waals surface area contributed by atoms with E-state index in [1.165, 1.54) is 53.8 Å². The van der Waals surface area contributed by atoms with Gasteiger partial charge in [0.1, 0.15) is 5.76 Å². The molecule has 0 aliphatic rings. The topological polar surface area (TPSA) is 124 Å². The Hall–Kier alpha value is -3.44. The third-order valence-corrected chi connectivity index (χ3v) is 5.46. The van der Waals surface area contributed by atoms with Gasteiger partial charge in [-0.2, -0.15) is 5.10 Å². The van der Waals surface area contributed by atoms with E-state index in [0.29, 0.717) is 20.7 Å². The van der Waals surface area contributed by atoms with E-state index in [1.54, 1.807) is 24.3 Å². The van der Waals surface area contributed by atoms with Gasteiger partial charge < -0.3 is 8.83 Å². The molecule has 140 valence electrons. The van der Waals surface area contributed by atoms with Gasteiger partial charge in [-0.1, -0.05) is 0 Å². The van der Waals surface area contributed by atoms with Gasteiger partial charge in [0, 0.05) is 12.1 Å². The van der Waals surface area contributed by atoms with E-state index in [2.05, 4.69) is 15.5 Å². The Balaban J connectivity index is 1.41. The summed E-state index contributed by atoms with van der Waals surface area (Å²) >= 11 is 2.63. The zero-order valence-corrected chi connectivity index (χ0v) is 15.5. The Morgan fingerprint density at radius 2 is 2.21 bits per heavy atom. The molecule has 11 heteroatoms. The number of carbonyl (C=O) groups excluding carboxylic acids is 1. The molecule has 0 fully saturated rings. The number of rotatable bonds is 6. The molecule has 1 N–H and O–H groups in total. The van der Waals surface area contributed by atoms with Gasteiger partial charge in [0.15, 0.2) is 15.2 Å². The number of hydrazone groups is 1. The van der Waals surface area contributed by atoms with Crippen LogP contribution < -0.4 is 5.43 Å². The van der Waals surface area contributed by atoms with Crippen LogP contribution in [-0.2, 0) is 0 Å². The maximum atomic E-state index is 11.7. The number of nitro groups is 1. The lowest BCUT2D eigenvalue weighted by Gasteiger charge is -1.94. The minimum absolute atomic E-state index is 0.0285. The van der Waals surface area contributed by atoms with Gasteiger partial charge >= 0.3 is 5.91 Å². The van der Waals surface area contributed by atoms with Crippen LogP contribution in [0.2, 0.25) is 0 Å². The average molecular weight is 414 g/mol. The van der Waals surface area contributed by atoms with Gasteiger partial charge in [-0.05, 0) is 42.1 Å². The summed E-state index contributed by atoms with van der Waals surface area (Å²) in [6.07, 6.45) is 2.77. The summed E-state index contributed by atoms with van der Waals surface area (Å²) < 4.78 is 12.0. The number of furan rings is 2. The number of nitrogens with zero attached hydrogens (tertiary/aromatic N) is 3. The number of amides is 1. The van der Waals surface area contributed by atoms with Crippen LogP contribution in [0.1, 0.15) is 16.3 Å². The zero-order chi connectivity index (χ0) is 19.5. The fourth-order valence-corrected chi connectivity index (χ4v) is 4.21. The third kappa shape index (κ3) is 3.94. The first-order valence-corrected chi connectivity index (χ1v) is 9.41. The molecule has 4 aromatic rings. The minimum atomic E-state index is -0.467. The molecule has 0 bridgehead atoms. The fourth-order valence-electron chi connectivity index (χ4n) is 2.21. The Morgan fingerprint density at radius 1 is 1.32 bits per heavy atom. The molecule has 3 heterocycles. The molecule has 0 aliphatic carbocycles. The van der Waals surface area contributed by atoms with Crippen LogP contribution in [0.3, 0.4) is 0 Å². The van der Waals surface area contributed by atoms with Crippen molar-refractivity contribution in [2.45, 2.75) is 9.43 Å². The van der Waals surface area contributed by atoms with E-state index < -0.39 is 10.8 Å². The molecule has 1 aromatic carbocycles. The summed E-state index contributed by atoms with van der Waals surface area (Å²) in [5, 5.41) is 15.3. The molecular weight excluding hydrogens is 404 g/mol. The van der Waals surface area contributed by atoms with E-state index in [9.17, 15) is 14.9 Å². The van der Waals surface area contributed by atoms with E-state index in [4.69, 9.17) is 8.83 Å². The van der Waals surface area contributed by atoms with Crippen molar-refractivity contribution in [2.24, 2.45) is 5.10 Å². The van der Waals surface area contributed by atoms with Crippen molar-refractivity contribution < 1.29 is 18.6 Å². The first kappa shape index (κ1) is 17.9. The van der Waals surface area contributed by atoms with Gasteiger partial charge in [0.2, 0.25) is 0 Å². The van der Waals surface area contributed by atoms with Crippen LogP contribution in [0.15, 0.2) is 72.1 Å². The van der Waals surface area contributed by atoms with Crippen molar-refractivity contribution in [1.82, 2.24) is 10.4 Å². The van der Waals surface area contributed by atoms with Crippen LogP contribution >= 0.6 is 23.1 Å². The van der Waals surface area contributed by atoms with Gasteiger partial charge in [0.05, 0.1) is 27.6 Å². The summed E-state index contributed by atoms with van der Waals surface area (Å²) in [6.45, 7) is 0. The average Bonchev–Trinajstić information content (AvgIpc) is 3.41. The molecule has 1 amide bonds. The number of aromatic nitrogens is 1. The van der Waals surface area contributed by atoms with Crippen molar-refractivity contribution in [3.05, 3.63) is 70.4 Å². The fraction of sp³-hybridized carbons (Fsp3) is 0. The van der Waals surface area contributed by atoms with Crippen LogP contribution in [-0.4, -0.2) is 22.0 Å². The van der Waals surface area contributed by atoms with Crippen LogP contribution in [0.5, 0.6) is 0 Å². The third-order valence-electron chi connectivity index (χ3n) is 3.46. The summed E-state index contributed by atoms with van der Waals surface area (Å²) in [5.74, 6) is 0.133. The number of nitro benzene ring substituents is 1. The molecule has 9 nitrogen and oxygen atoms in total. The highest BCUT2D eigenvalue weighted by Gasteiger charge is 2.12. The second kappa shape index (κ2) is 7.66. The van der Waals surface area contributed by atoms with Gasteiger partial charge in [-0.25, -0.2) is 10.4 Å². The largest absolute Gasteiger partial charge is 0.459 e. The van der Waals surface area contributed by atoms with Crippen molar-refractivity contribution in [3.8, 4) is 0 Å². The molecule has 0 saturated heterocycles.